The van der Waals surface area contributed by atoms with E-state index in [-0.39, 0.29) is 22.7 Å². The fourth-order valence-electron chi connectivity index (χ4n) is 4.28. The lowest BCUT2D eigenvalue weighted by molar-refractivity contribution is 0.0984. The summed E-state index contributed by atoms with van der Waals surface area (Å²) < 4.78 is 46.8. The standard InChI is InChI=1S/C26H21BrFN5O4S/c1-32-24-18-7-4-15(10-20(18)31-25(27)19(24)13-30-32)14-33(26(34)16-5-9-23(37-2)29-12-16)21-8-6-17(28)11-22(21)38(3,35)36/h4-13H,14H2,1-3H3. The average Bonchev–Trinajstić information content (AvgIpc) is 3.29. The fraction of sp³-hybridized carbons (Fsp3) is 0.154. The number of pyridine rings is 2. The van der Waals surface area contributed by atoms with Gasteiger partial charge in [0, 0.05) is 31.0 Å². The van der Waals surface area contributed by atoms with E-state index in [4.69, 9.17) is 4.74 Å². The maximum absolute atomic E-state index is 14.1. The third-order valence-corrected chi connectivity index (χ3v) is 7.82. The van der Waals surface area contributed by atoms with Crippen LogP contribution in [0.3, 0.4) is 0 Å². The molecular formula is C26H21BrFN5O4S. The number of aryl methyl sites for hydroxylation is 1. The van der Waals surface area contributed by atoms with Gasteiger partial charge in [-0.2, -0.15) is 5.10 Å². The highest BCUT2D eigenvalue weighted by atomic mass is 79.9. The molecule has 5 rings (SSSR count). The number of carbonyl (C=O) groups is 1. The lowest BCUT2D eigenvalue weighted by Gasteiger charge is -2.25. The zero-order valence-corrected chi connectivity index (χ0v) is 22.9. The van der Waals surface area contributed by atoms with E-state index in [0.717, 1.165) is 34.7 Å². The Labute approximate surface area is 225 Å². The van der Waals surface area contributed by atoms with Crippen molar-refractivity contribution in [2.24, 2.45) is 7.05 Å². The van der Waals surface area contributed by atoms with Gasteiger partial charge in [0.15, 0.2) is 9.84 Å². The Morgan fingerprint density at radius 2 is 1.89 bits per heavy atom. The molecule has 194 valence electrons. The van der Waals surface area contributed by atoms with Crippen LogP contribution in [-0.4, -0.2) is 47.4 Å². The van der Waals surface area contributed by atoms with E-state index in [1.165, 1.54) is 36.4 Å². The van der Waals surface area contributed by atoms with Crippen LogP contribution in [0.5, 0.6) is 5.88 Å². The van der Waals surface area contributed by atoms with Crippen LogP contribution in [0, 0.1) is 5.82 Å². The van der Waals surface area contributed by atoms with Gasteiger partial charge in [0.05, 0.1) is 52.4 Å². The molecule has 5 aromatic rings. The second-order valence-corrected chi connectivity index (χ2v) is 11.4. The second-order valence-electron chi connectivity index (χ2n) is 8.65. The Morgan fingerprint density at radius 1 is 1.11 bits per heavy atom. The first-order valence-electron chi connectivity index (χ1n) is 11.3. The van der Waals surface area contributed by atoms with E-state index in [1.807, 2.05) is 25.2 Å². The summed E-state index contributed by atoms with van der Waals surface area (Å²) in [4.78, 5) is 23.5. The van der Waals surface area contributed by atoms with Gasteiger partial charge in [-0.1, -0.05) is 12.1 Å². The van der Waals surface area contributed by atoms with Crippen LogP contribution in [0.15, 0.2) is 70.4 Å². The van der Waals surface area contributed by atoms with E-state index in [9.17, 15) is 17.6 Å². The number of nitrogens with zero attached hydrogens (tertiary/aromatic N) is 5. The number of halogens is 2. The predicted octanol–water partition coefficient (Wildman–Crippen LogP) is 4.68. The molecule has 0 aliphatic heterocycles. The minimum atomic E-state index is -3.88. The van der Waals surface area contributed by atoms with Gasteiger partial charge >= 0.3 is 0 Å². The predicted molar refractivity (Wildman–Crippen MR) is 145 cm³/mol. The first kappa shape index (κ1) is 25.7. The molecule has 9 nitrogen and oxygen atoms in total. The van der Waals surface area contributed by atoms with E-state index in [1.54, 1.807) is 10.9 Å². The van der Waals surface area contributed by atoms with Gasteiger partial charge in [0.2, 0.25) is 5.88 Å². The number of fused-ring (bicyclic) bond motifs is 3. The lowest BCUT2D eigenvalue weighted by Crippen LogP contribution is -2.32. The zero-order valence-electron chi connectivity index (χ0n) is 20.5. The molecule has 0 saturated carbocycles. The minimum absolute atomic E-state index is 0.0162. The monoisotopic (exact) mass is 597 g/mol. The maximum Gasteiger partial charge on any atom is 0.260 e. The van der Waals surface area contributed by atoms with Crippen molar-refractivity contribution in [3.05, 3.63) is 82.5 Å². The van der Waals surface area contributed by atoms with Crippen molar-refractivity contribution in [2.75, 3.05) is 18.3 Å². The SMILES string of the molecule is COc1ccc(C(=O)N(Cc2ccc3c(c2)nc(Br)c2cnn(C)c23)c2ccc(F)cc2S(C)(=O)=O)cn1. The summed E-state index contributed by atoms with van der Waals surface area (Å²) in [6, 6.07) is 11.9. The first-order valence-corrected chi connectivity index (χ1v) is 14.0. The average molecular weight is 598 g/mol. The summed E-state index contributed by atoms with van der Waals surface area (Å²) in [5.74, 6) is -0.931. The molecule has 0 spiro atoms. The number of aromatic nitrogens is 4. The third kappa shape index (κ3) is 4.72. The van der Waals surface area contributed by atoms with E-state index < -0.39 is 21.6 Å². The van der Waals surface area contributed by atoms with Gasteiger partial charge < -0.3 is 9.64 Å². The molecule has 1 amide bonds. The molecule has 0 bridgehead atoms. The summed E-state index contributed by atoms with van der Waals surface area (Å²) in [6.45, 7) is -0.0162. The van der Waals surface area contributed by atoms with Crippen LogP contribution in [-0.2, 0) is 23.4 Å². The number of carbonyl (C=O) groups excluding carboxylic acids is 1. The topological polar surface area (TPSA) is 107 Å². The summed E-state index contributed by atoms with van der Waals surface area (Å²) in [5.41, 5.74) is 2.48. The fourth-order valence-corrected chi connectivity index (χ4v) is 5.65. The number of sulfone groups is 1. The number of ether oxygens (including phenoxy) is 1. The molecule has 0 radical (unpaired) electrons. The van der Waals surface area contributed by atoms with Gasteiger partial charge in [-0.15, -0.1) is 0 Å². The van der Waals surface area contributed by atoms with Crippen LogP contribution in [0.1, 0.15) is 15.9 Å². The van der Waals surface area contributed by atoms with E-state index in [2.05, 4.69) is 31.0 Å². The summed E-state index contributed by atoms with van der Waals surface area (Å²) in [7, 11) is -0.584. The molecule has 0 atom stereocenters. The van der Waals surface area contributed by atoms with Crippen LogP contribution in [0.25, 0.3) is 21.8 Å². The molecule has 0 saturated heterocycles. The Morgan fingerprint density at radius 3 is 2.58 bits per heavy atom. The molecule has 3 aromatic heterocycles. The van der Waals surface area contributed by atoms with Crippen LogP contribution in [0.2, 0.25) is 0 Å². The lowest BCUT2D eigenvalue weighted by atomic mass is 10.1. The highest BCUT2D eigenvalue weighted by Gasteiger charge is 2.26. The summed E-state index contributed by atoms with van der Waals surface area (Å²) in [6.07, 6.45) is 4.04. The van der Waals surface area contributed by atoms with Crippen molar-refractivity contribution in [1.82, 2.24) is 19.7 Å². The van der Waals surface area contributed by atoms with Crippen molar-refractivity contribution >= 4 is 59.2 Å². The normalized spacial score (nSPS) is 11.7. The van der Waals surface area contributed by atoms with Gasteiger partial charge in [0.25, 0.3) is 5.91 Å². The van der Waals surface area contributed by atoms with Gasteiger partial charge in [-0.25, -0.2) is 22.8 Å². The largest absolute Gasteiger partial charge is 0.481 e. The summed E-state index contributed by atoms with van der Waals surface area (Å²) >= 11 is 3.50. The van der Waals surface area contributed by atoms with Crippen molar-refractivity contribution in [3.63, 3.8) is 0 Å². The Kier molecular flexibility index (Phi) is 6.61. The Hall–Kier alpha value is -3.90. The maximum atomic E-state index is 14.1. The zero-order chi connectivity index (χ0) is 27.2. The minimum Gasteiger partial charge on any atom is -0.481 e. The molecule has 3 heterocycles. The second kappa shape index (κ2) is 9.76. The molecule has 12 heteroatoms. The summed E-state index contributed by atoms with van der Waals surface area (Å²) in [5, 5.41) is 6.04. The van der Waals surface area contributed by atoms with E-state index >= 15 is 0 Å². The van der Waals surface area contributed by atoms with Gasteiger partial charge in [-0.05, 0) is 51.8 Å². The van der Waals surface area contributed by atoms with Crippen molar-refractivity contribution < 1.29 is 22.3 Å². The molecule has 0 aliphatic carbocycles. The van der Waals surface area contributed by atoms with Gasteiger partial charge in [-0.3, -0.25) is 9.48 Å². The number of benzene rings is 2. The van der Waals surface area contributed by atoms with Crippen LogP contribution < -0.4 is 9.64 Å². The van der Waals surface area contributed by atoms with Crippen LogP contribution in [0.4, 0.5) is 10.1 Å². The van der Waals surface area contributed by atoms with Crippen molar-refractivity contribution in [1.29, 1.82) is 0 Å². The smallest absolute Gasteiger partial charge is 0.260 e. The van der Waals surface area contributed by atoms with Crippen molar-refractivity contribution in [2.45, 2.75) is 11.4 Å². The quantitative estimate of drug-likeness (QED) is 0.262. The molecule has 0 N–H and O–H groups in total. The Balaban J connectivity index is 1.65. The number of anilines is 1. The van der Waals surface area contributed by atoms with Crippen LogP contribution >= 0.6 is 15.9 Å². The highest BCUT2D eigenvalue weighted by Crippen LogP contribution is 2.32. The van der Waals surface area contributed by atoms with E-state index in [0.29, 0.717) is 21.6 Å². The molecule has 2 aromatic carbocycles. The highest BCUT2D eigenvalue weighted by molar-refractivity contribution is 9.10. The number of rotatable bonds is 6. The molecule has 0 unspecified atom stereocenters. The molecule has 38 heavy (non-hydrogen) atoms. The third-order valence-electron chi connectivity index (χ3n) is 6.09. The number of methoxy groups -OCH3 is 1. The molecule has 0 fully saturated rings. The number of hydrogen-bond acceptors (Lipinski definition) is 7. The number of hydrogen-bond donors (Lipinski definition) is 0. The van der Waals surface area contributed by atoms with Gasteiger partial charge in [0.1, 0.15) is 10.4 Å². The molecular weight excluding hydrogens is 577 g/mol. The van der Waals surface area contributed by atoms with Crippen molar-refractivity contribution in [3.8, 4) is 5.88 Å². The Bertz CT molecular complexity index is 1820. The number of amides is 1. The molecule has 0 aliphatic rings. The first-order chi connectivity index (χ1) is 18.1.